The molecule has 0 bridgehead atoms. The Morgan fingerprint density at radius 1 is 1.10 bits per heavy atom. The van der Waals surface area contributed by atoms with Gasteiger partial charge < -0.3 is 4.90 Å². The summed E-state index contributed by atoms with van der Waals surface area (Å²) in [5.74, 6) is -0.0497. The summed E-state index contributed by atoms with van der Waals surface area (Å²) in [6, 6.07) is 0. The number of carbonyl (C=O) groups excluding carboxylic acids is 3. The van der Waals surface area contributed by atoms with Gasteiger partial charge >= 0.3 is 0 Å². The lowest BCUT2D eigenvalue weighted by Gasteiger charge is -2.42. The molecule has 0 aromatic carbocycles. The molecule has 0 radical (unpaired) electrons. The molecule has 6 heteroatoms. The highest BCUT2D eigenvalue weighted by Gasteiger charge is 2.42. The minimum Gasteiger partial charge on any atom is -0.337 e. The number of likely N-dealkylation sites (tertiary alicyclic amines) is 1. The van der Waals surface area contributed by atoms with Crippen LogP contribution >= 0.6 is 0 Å². The van der Waals surface area contributed by atoms with Gasteiger partial charge in [0.2, 0.25) is 0 Å². The molecule has 3 rings (SSSR count). The van der Waals surface area contributed by atoms with E-state index in [9.17, 15) is 14.4 Å². The van der Waals surface area contributed by atoms with E-state index in [1.54, 1.807) is 4.90 Å². The van der Waals surface area contributed by atoms with Gasteiger partial charge in [0.25, 0.3) is 5.91 Å². The van der Waals surface area contributed by atoms with Crippen LogP contribution in [0.25, 0.3) is 0 Å². The zero-order chi connectivity index (χ0) is 14.9. The zero-order valence-electron chi connectivity index (χ0n) is 11.7. The lowest BCUT2D eigenvalue weighted by atomic mass is 9.67. The molecule has 1 aliphatic heterocycles. The van der Waals surface area contributed by atoms with Crippen LogP contribution in [-0.2, 0) is 9.59 Å². The van der Waals surface area contributed by atoms with Gasteiger partial charge in [-0.1, -0.05) is 0 Å². The molecular weight excluding hydrogens is 270 g/mol. The maximum Gasteiger partial charge on any atom is 0.274 e. The summed E-state index contributed by atoms with van der Waals surface area (Å²) in [6.45, 7) is 1.13. The molecule has 1 aliphatic carbocycles. The van der Waals surface area contributed by atoms with Gasteiger partial charge in [0.05, 0.1) is 12.6 Å². The molecule has 1 saturated heterocycles. The SMILES string of the molecule is O=C1CC(=O)CC2(CCN(C(=O)c3cnccn3)CC2)C1. The van der Waals surface area contributed by atoms with E-state index in [0.29, 0.717) is 44.5 Å². The molecule has 2 fully saturated rings. The molecule has 6 nitrogen and oxygen atoms in total. The first-order valence-electron chi connectivity index (χ1n) is 7.17. The Morgan fingerprint density at radius 2 is 1.76 bits per heavy atom. The summed E-state index contributed by atoms with van der Waals surface area (Å²) in [5.41, 5.74) is 0.121. The van der Waals surface area contributed by atoms with Crippen molar-refractivity contribution in [2.75, 3.05) is 13.1 Å². The van der Waals surface area contributed by atoms with E-state index < -0.39 is 0 Å². The molecule has 110 valence electrons. The first kappa shape index (κ1) is 13.9. The maximum atomic E-state index is 12.3. The molecular formula is C15H17N3O3. The van der Waals surface area contributed by atoms with Gasteiger partial charge in [-0.2, -0.15) is 0 Å². The summed E-state index contributed by atoms with van der Waals surface area (Å²) < 4.78 is 0. The topological polar surface area (TPSA) is 80.2 Å². The van der Waals surface area contributed by atoms with Crippen LogP contribution in [0.3, 0.4) is 0 Å². The predicted molar refractivity (Wildman–Crippen MR) is 73.5 cm³/mol. The second-order valence-electron chi connectivity index (χ2n) is 5.99. The lowest BCUT2D eigenvalue weighted by Crippen LogP contribution is -2.46. The van der Waals surface area contributed by atoms with Crippen molar-refractivity contribution in [3.05, 3.63) is 24.3 Å². The Labute approximate surface area is 122 Å². The fourth-order valence-electron chi connectivity index (χ4n) is 3.35. The van der Waals surface area contributed by atoms with Gasteiger partial charge in [0, 0.05) is 38.3 Å². The Hall–Kier alpha value is -2.11. The van der Waals surface area contributed by atoms with Crippen LogP contribution in [0.2, 0.25) is 0 Å². The van der Waals surface area contributed by atoms with Crippen molar-refractivity contribution in [2.24, 2.45) is 5.41 Å². The fourth-order valence-corrected chi connectivity index (χ4v) is 3.35. The van der Waals surface area contributed by atoms with E-state index in [0.717, 1.165) is 0 Å². The van der Waals surface area contributed by atoms with Crippen molar-refractivity contribution in [1.29, 1.82) is 0 Å². The molecule has 0 N–H and O–H groups in total. The quantitative estimate of drug-likeness (QED) is 0.720. The maximum absolute atomic E-state index is 12.3. The highest BCUT2D eigenvalue weighted by atomic mass is 16.2. The molecule has 1 saturated carbocycles. The van der Waals surface area contributed by atoms with E-state index in [1.165, 1.54) is 18.6 Å². The third-order valence-corrected chi connectivity index (χ3v) is 4.43. The predicted octanol–water partition coefficient (Wildman–Crippen LogP) is 1.02. The van der Waals surface area contributed by atoms with Crippen molar-refractivity contribution in [3.63, 3.8) is 0 Å². The highest BCUT2D eigenvalue weighted by molar-refractivity contribution is 6.02. The van der Waals surface area contributed by atoms with Crippen LogP contribution in [0.15, 0.2) is 18.6 Å². The summed E-state index contributed by atoms with van der Waals surface area (Å²) >= 11 is 0. The van der Waals surface area contributed by atoms with E-state index in [4.69, 9.17) is 0 Å². The number of nitrogens with zero attached hydrogens (tertiary/aromatic N) is 3. The Balaban J connectivity index is 1.66. The summed E-state index contributed by atoms with van der Waals surface area (Å²) in [7, 11) is 0. The molecule has 1 aromatic heterocycles. The van der Waals surface area contributed by atoms with Gasteiger partial charge in [-0.15, -0.1) is 0 Å². The second kappa shape index (κ2) is 5.35. The van der Waals surface area contributed by atoms with Gasteiger partial charge in [-0.25, -0.2) is 4.98 Å². The number of carbonyl (C=O) groups is 3. The van der Waals surface area contributed by atoms with Crippen LogP contribution in [-0.4, -0.2) is 45.4 Å². The molecule has 0 unspecified atom stereocenters. The smallest absolute Gasteiger partial charge is 0.274 e. The number of amides is 1. The minimum absolute atomic E-state index is 0.0416. The Kier molecular flexibility index (Phi) is 3.53. The van der Waals surface area contributed by atoms with Gasteiger partial charge in [-0.05, 0) is 18.3 Å². The average Bonchev–Trinajstić information content (AvgIpc) is 2.47. The second-order valence-corrected chi connectivity index (χ2v) is 5.99. The third kappa shape index (κ3) is 2.84. The van der Waals surface area contributed by atoms with E-state index >= 15 is 0 Å². The molecule has 1 spiro atoms. The van der Waals surface area contributed by atoms with Gasteiger partial charge in [-0.3, -0.25) is 19.4 Å². The molecule has 0 atom stereocenters. The van der Waals surface area contributed by atoms with Crippen LogP contribution in [0.5, 0.6) is 0 Å². The fraction of sp³-hybridized carbons (Fsp3) is 0.533. The zero-order valence-corrected chi connectivity index (χ0v) is 11.7. The van der Waals surface area contributed by atoms with Crippen LogP contribution in [0.4, 0.5) is 0 Å². The Morgan fingerprint density at radius 3 is 2.33 bits per heavy atom. The lowest BCUT2D eigenvalue weighted by molar-refractivity contribution is -0.135. The van der Waals surface area contributed by atoms with Crippen LogP contribution in [0, 0.1) is 5.41 Å². The number of aromatic nitrogens is 2. The van der Waals surface area contributed by atoms with Crippen molar-refractivity contribution >= 4 is 17.5 Å². The Bertz CT molecular complexity index is 559. The van der Waals surface area contributed by atoms with Crippen molar-refractivity contribution in [3.8, 4) is 0 Å². The van der Waals surface area contributed by atoms with E-state index in [-0.39, 0.29) is 29.3 Å². The highest BCUT2D eigenvalue weighted by Crippen LogP contribution is 2.42. The summed E-state index contributed by atoms with van der Waals surface area (Å²) in [6.07, 6.45) is 6.94. The van der Waals surface area contributed by atoms with Crippen LogP contribution in [0.1, 0.15) is 42.6 Å². The summed E-state index contributed by atoms with van der Waals surface area (Å²) in [5, 5.41) is 0. The molecule has 1 amide bonds. The molecule has 1 aromatic rings. The normalized spacial score (nSPS) is 21.6. The number of rotatable bonds is 1. The largest absolute Gasteiger partial charge is 0.337 e. The number of hydrogen-bond donors (Lipinski definition) is 0. The van der Waals surface area contributed by atoms with Crippen LogP contribution < -0.4 is 0 Å². The standard InChI is InChI=1S/C15H17N3O3/c19-11-7-12(20)9-15(8-11)1-5-18(6-2-15)14(21)13-10-16-3-4-17-13/h3-4,10H,1-2,5-9H2. The van der Waals surface area contributed by atoms with E-state index in [1.807, 2.05) is 0 Å². The molecule has 21 heavy (non-hydrogen) atoms. The monoisotopic (exact) mass is 287 g/mol. The van der Waals surface area contributed by atoms with E-state index in [2.05, 4.69) is 9.97 Å². The first-order valence-corrected chi connectivity index (χ1v) is 7.17. The first-order chi connectivity index (χ1) is 10.1. The van der Waals surface area contributed by atoms with Crippen molar-refractivity contribution < 1.29 is 14.4 Å². The number of hydrogen-bond acceptors (Lipinski definition) is 5. The third-order valence-electron chi connectivity index (χ3n) is 4.43. The van der Waals surface area contributed by atoms with Gasteiger partial charge in [0.1, 0.15) is 17.3 Å². The molecule has 2 aliphatic rings. The van der Waals surface area contributed by atoms with Crippen molar-refractivity contribution in [1.82, 2.24) is 14.9 Å². The van der Waals surface area contributed by atoms with Gasteiger partial charge in [0.15, 0.2) is 0 Å². The molecule has 2 heterocycles. The van der Waals surface area contributed by atoms with Crippen molar-refractivity contribution in [2.45, 2.75) is 32.1 Å². The minimum atomic E-state index is -0.217. The number of Topliss-reactive ketones (excluding diaryl/α,β-unsaturated/α-hetero) is 2. The number of ketones is 2. The average molecular weight is 287 g/mol. The number of piperidine rings is 1. The summed E-state index contributed by atoms with van der Waals surface area (Å²) in [4.78, 5) is 45.3.